The first kappa shape index (κ1) is 7.99. The van der Waals surface area contributed by atoms with E-state index in [0.717, 1.165) is 19.1 Å². The molecular formula is C10H14O2. The lowest BCUT2D eigenvalue weighted by Crippen LogP contribution is -2.16. The second kappa shape index (κ2) is 3.02. The average Bonchev–Trinajstić information content (AvgIpc) is 2.63. The van der Waals surface area contributed by atoms with Gasteiger partial charge in [-0.25, -0.2) is 0 Å². The predicted molar refractivity (Wildman–Crippen MR) is 45.7 cm³/mol. The highest BCUT2D eigenvalue weighted by Gasteiger charge is 2.43. The number of carbonyl (C=O) groups is 1. The molecule has 1 fully saturated rings. The summed E-state index contributed by atoms with van der Waals surface area (Å²) < 4.78 is 5.35. The van der Waals surface area contributed by atoms with Crippen LogP contribution in [0.5, 0.6) is 0 Å². The summed E-state index contributed by atoms with van der Waals surface area (Å²) in [5.41, 5.74) is 0. The van der Waals surface area contributed by atoms with Crippen LogP contribution < -0.4 is 0 Å². The molecular weight excluding hydrogens is 152 g/mol. The minimum atomic E-state index is 0.231. The smallest absolute Gasteiger partial charge is 0.123 e. The minimum absolute atomic E-state index is 0.231. The zero-order valence-electron chi connectivity index (χ0n) is 7.27. The van der Waals surface area contributed by atoms with Gasteiger partial charge in [0.15, 0.2) is 0 Å². The lowest BCUT2D eigenvalue weighted by molar-refractivity contribution is -0.112. The van der Waals surface area contributed by atoms with Gasteiger partial charge < -0.3 is 9.53 Å². The number of methoxy groups -OCH3 is 1. The third kappa shape index (κ3) is 1.02. The van der Waals surface area contributed by atoms with Gasteiger partial charge in [-0.3, -0.25) is 0 Å². The Balaban J connectivity index is 2.14. The van der Waals surface area contributed by atoms with Crippen molar-refractivity contribution in [2.45, 2.75) is 18.9 Å². The third-order valence-corrected chi connectivity index (χ3v) is 3.22. The van der Waals surface area contributed by atoms with E-state index in [-0.39, 0.29) is 12.0 Å². The lowest BCUT2D eigenvalue weighted by atomic mass is 9.92. The number of carbonyl (C=O) groups excluding carboxylic acids is 1. The van der Waals surface area contributed by atoms with Gasteiger partial charge in [0.1, 0.15) is 6.29 Å². The van der Waals surface area contributed by atoms with E-state index in [0.29, 0.717) is 11.8 Å². The Morgan fingerprint density at radius 3 is 3.08 bits per heavy atom. The highest BCUT2D eigenvalue weighted by Crippen LogP contribution is 2.44. The van der Waals surface area contributed by atoms with Crippen molar-refractivity contribution in [1.82, 2.24) is 0 Å². The number of rotatable bonds is 2. The molecule has 0 saturated heterocycles. The molecule has 2 aliphatic carbocycles. The molecule has 2 nitrogen and oxygen atoms in total. The minimum Gasteiger partial charge on any atom is -0.381 e. The van der Waals surface area contributed by atoms with Crippen molar-refractivity contribution in [2.24, 2.45) is 17.8 Å². The topological polar surface area (TPSA) is 26.3 Å². The fourth-order valence-electron chi connectivity index (χ4n) is 2.56. The van der Waals surface area contributed by atoms with E-state index in [9.17, 15) is 4.79 Å². The Kier molecular flexibility index (Phi) is 2.01. The second-order valence-corrected chi connectivity index (χ2v) is 3.71. The van der Waals surface area contributed by atoms with Gasteiger partial charge in [-0.2, -0.15) is 0 Å². The van der Waals surface area contributed by atoms with Gasteiger partial charge in [-0.1, -0.05) is 12.2 Å². The van der Waals surface area contributed by atoms with E-state index in [1.165, 1.54) is 0 Å². The third-order valence-electron chi connectivity index (χ3n) is 3.22. The molecule has 12 heavy (non-hydrogen) atoms. The summed E-state index contributed by atoms with van der Waals surface area (Å²) >= 11 is 0. The van der Waals surface area contributed by atoms with E-state index in [1.54, 1.807) is 7.11 Å². The molecule has 0 spiro atoms. The molecule has 0 aromatic rings. The van der Waals surface area contributed by atoms with Crippen LogP contribution in [0.15, 0.2) is 12.2 Å². The summed E-state index contributed by atoms with van der Waals surface area (Å²) in [5, 5.41) is 0. The van der Waals surface area contributed by atoms with E-state index >= 15 is 0 Å². The van der Waals surface area contributed by atoms with E-state index in [1.807, 2.05) is 0 Å². The first-order valence-corrected chi connectivity index (χ1v) is 4.51. The summed E-state index contributed by atoms with van der Waals surface area (Å²) in [6, 6.07) is 0. The molecule has 0 aliphatic heterocycles. The molecule has 0 N–H and O–H groups in total. The molecule has 0 heterocycles. The molecule has 0 bridgehead atoms. The second-order valence-electron chi connectivity index (χ2n) is 3.71. The number of fused-ring (bicyclic) bond motifs is 1. The van der Waals surface area contributed by atoms with Gasteiger partial charge in [0.05, 0.1) is 6.10 Å². The molecule has 0 aromatic carbocycles. The van der Waals surface area contributed by atoms with Gasteiger partial charge in [-0.15, -0.1) is 0 Å². The molecule has 0 aromatic heterocycles. The van der Waals surface area contributed by atoms with Crippen LogP contribution in [0.2, 0.25) is 0 Å². The van der Waals surface area contributed by atoms with Crippen molar-refractivity contribution in [3.8, 4) is 0 Å². The molecule has 66 valence electrons. The Bertz CT molecular complexity index is 210. The van der Waals surface area contributed by atoms with Crippen molar-refractivity contribution in [3.63, 3.8) is 0 Å². The molecule has 0 amide bonds. The normalized spacial score (nSPS) is 44.8. The number of hydrogen-bond acceptors (Lipinski definition) is 2. The summed E-state index contributed by atoms with van der Waals surface area (Å²) in [5.74, 6) is 1.27. The molecule has 0 radical (unpaired) electrons. The Labute approximate surface area is 72.6 Å². The zero-order chi connectivity index (χ0) is 8.55. The van der Waals surface area contributed by atoms with Gasteiger partial charge in [0.25, 0.3) is 0 Å². The molecule has 2 heteroatoms. The summed E-state index contributed by atoms with van der Waals surface area (Å²) in [6.45, 7) is 0. The summed E-state index contributed by atoms with van der Waals surface area (Å²) in [4.78, 5) is 10.7. The lowest BCUT2D eigenvalue weighted by Gasteiger charge is -2.15. The first-order valence-electron chi connectivity index (χ1n) is 4.51. The van der Waals surface area contributed by atoms with Gasteiger partial charge in [-0.05, 0) is 18.8 Å². The van der Waals surface area contributed by atoms with Crippen LogP contribution in [-0.4, -0.2) is 19.5 Å². The predicted octanol–water partition coefficient (Wildman–Crippen LogP) is 1.41. The van der Waals surface area contributed by atoms with E-state index in [4.69, 9.17) is 4.74 Å². The first-order chi connectivity index (χ1) is 5.86. The highest BCUT2D eigenvalue weighted by atomic mass is 16.5. The zero-order valence-corrected chi connectivity index (χ0v) is 7.27. The molecule has 2 aliphatic rings. The standard InChI is InChI=1S/C10H14O2/c1-12-10-5-7(6-11)8-3-2-4-9(8)10/h2,4,6-10H,3,5H2,1H3. The van der Waals surface area contributed by atoms with Gasteiger partial charge in [0.2, 0.25) is 0 Å². The maximum atomic E-state index is 10.7. The van der Waals surface area contributed by atoms with Crippen LogP contribution in [0.3, 0.4) is 0 Å². The fraction of sp³-hybridized carbons (Fsp3) is 0.700. The molecule has 1 saturated carbocycles. The number of ether oxygens (including phenoxy) is 1. The van der Waals surface area contributed by atoms with Crippen molar-refractivity contribution in [3.05, 3.63) is 12.2 Å². The summed E-state index contributed by atoms with van der Waals surface area (Å²) in [6.07, 6.45) is 7.75. The van der Waals surface area contributed by atoms with Crippen molar-refractivity contribution in [2.75, 3.05) is 7.11 Å². The Morgan fingerprint density at radius 2 is 2.42 bits per heavy atom. The quantitative estimate of drug-likeness (QED) is 0.458. The largest absolute Gasteiger partial charge is 0.381 e. The average molecular weight is 166 g/mol. The van der Waals surface area contributed by atoms with Crippen molar-refractivity contribution >= 4 is 6.29 Å². The van der Waals surface area contributed by atoms with E-state index < -0.39 is 0 Å². The summed E-state index contributed by atoms with van der Waals surface area (Å²) in [7, 11) is 1.74. The number of aldehydes is 1. The van der Waals surface area contributed by atoms with Crippen LogP contribution in [0.4, 0.5) is 0 Å². The van der Waals surface area contributed by atoms with Crippen LogP contribution in [-0.2, 0) is 9.53 Å². The monoisotopic (exact) mass is 166 g/mol. The van der Waals surface area contributed by atoms with Gasteiger partial charge >= 0.3 is 0 Å². The maximum Gasteiger partial charge on any atom is 0.123 e. The van der Waals surface area contributed by atoms with Crippen LogP contribution in [0.1, 0.15) is 12.8 Å². The number of hydrogen-bond donors (Lipinski definition) is 0. The maximum absolute atomic E-state index is 10.7. The SMILES string of the molecule is COC1CC(C=O)C2CC=CC12. The Morgan fingerprint density at radius 1 is 1.58 bits per heavy atom. The number of allylic oxidation sites excluding steroid dienone is 1. The fourth-order valence-corrected chi connectivity index (χ4v) is 2.56. The van der Waals surface area contributed by atoms with Crippen molar-refractivity contribution < 1.29 is 9.53 Å². The highest BCUT2D eigenvalue weighted by molar-refractivity contribution is 5.55. The van der Waals surface area contributed by atoms with E-state index in [2.05, 4.69) is 12.2 Å². The molecule has 4 unspecified atom stereocenters. The van der Waals surface area contributed by atoms with Crippen LogP contribution in [0.25, 0.3) is 0 Å². The van der Waals surface area contributed by atoms with Crippen LogP contribution in [0, 0.1) is 17.8 Å². The van der Waals surface area contributed by atoms with Crippen molar-refractivity contribution in [1.29, 1.82) is 0 Å². The van der Waals surface area contributed by atoms with Crippen LogP contribution >= 0.6 is 0 Å². The Hall–Kier alpha value is -0.630. The van der Waals surface area contributed by atoms with Gasteiger partial charge in [0, 0.05) is 18.9 Å². The molecule has 4 atom stereocenters. The molecule has 2 rings (SSSR count).